The van der Waals surface area contributed by atoms with Gasteiger partial charge in [-0.05, 0) is 57.5 Å². The Morgan fingerprint density at radius 2 is 1.93 bits per heavy atom. The Labute approximate surface area is 163 Å². The number of aryl methyl sites for hydroxylation is 1. The van der Waals surface area contributed by atoms with Crippen molar-refractivity contribution in [3.05, 3.63) is 65.6 Å². The Kier molecular flexibility index (Phi) is 5.35. The third-order valence-electron chi connectivity index (χ3n) is 3.74. The summed E-state index contributed by atoms with van der Waals surface area (Å²) in [4.78, 5) is 28.6. The molecular weight excluding hydrogens is 358 g/mol. The van der Waals surface area contributed by atoms with Crippen molar-refractivity contribution in [1.82, 2.24) is 9.38 Å². The van der Waals surface area contributed by atoms with E-state index in [1.807, 2.05) is 35.9 Å². The van der Waals surface area contributed by atoms with E-state index in [-0.39, 0.29) is 6.61 Å². The molecule has 0 aliphatic heterocycles. The summed E-state index contributed by atoms with van der Waals surface area (Å²) in [6.45, 7) is 7.39. The van der Waals surface area contributed by atoms with E-state index in [0.717, 1.165) is 11.2 Å². The van der Waals surface area contributed by atoms with Crippen molar-refractivity contribution < 1.29 is 19.1 Å². The number of nitrogens with one attached hydrogen (secondary N) is 1. The third kappa shape index (κ3) is 5.09. The van der Waals surface area contributed by atoms with E-state index in [4.69, 9.17) is 9.47 Å². The van der Waals surface area contributed by atoms with Gasteiger partial charge in [-0.25, -0.2) is 14.6 Å². The van der Waals surface area contributed by atoms with Crippen LogP contribution in [0.3, 0.4) is 0 Å². The second-order valence-corrected chi connectivity index (χ2v) is 7.49. The minimum absolute atomic E-state index is 0.0588. The minimum atomic E-state index is -0.604. The molecule has 3 rings (SSSR count). The molecular formula is C21H23N3O4. The maximum absolute atomic E-state index is 12.4. The van der Waals surface area contributed by atoms with Crippen molar-refractivity contribution >= 4 is 23.4 Å². The molecule has 0 saturated heterocycles. The topological polar surface area (TPSA) is 81.9 Å². The van der Waals surface area contributed by atoms with Gasteiger partial charge in [-0.2, -0.15) is 0 Å². The van der Waals surface area contributed by atoms with E-state index in [2.05, 4.69) is 10.3 Å². The number of hydrogen-bond acceptors (Lipinski definition) is 5. The molecule has 146 valence electrons. The lowest BCUT2D eigenvalue weighted by Crippen LogP contribution is -2.27. The van der Waals surface area contributed by atoms with Crippen molar-refractivity contribution in [2.24, 2.45) is 0 Å². The summed E-state index contributed by atoms with van der Waals surface area (Å²) in [5.74, 6) is -0.499. The van der Waals surface area contributed by atoms with Gasteiger partial charge >= 0.3 is 12.1 Å². The lowest BCUT2D eigenvalue weighted by Gasteiger charge is -2.19. The number of hydrogen-bond donors (Lipinski definition) is 1. The molecule has 1 N–H and O–H groups in total. The number of anilines is 1. The molecule has 0 saturated carbocycles. The highest BCUT2D eigenvalue weighted by Crippen LogP contribution is 2.15. The molecule has 7 nitrogen and oxygen atoms in total. The molecule has 3 aromatic rings. The van der Waals surface area contributed by atoms with Gasteiger partial charge in [0.1, 0.15) is 17.9 Å². The van der Waals surface area contributed by atoms with E-state index in [0.29, 0.717) is 16.9 Å². The first kappa shape index (κ1) is 19.4. The zero-order valence-electron chi connectivity index (χ0n) is 16.4. The molecule has 0 radical (unpaired) electrons. The molecule has 0 fully saturated rings. The lowest BCUT2D eigenvalue weighted by molar-refractivity contribution is 0.0467. The number of carbonyl (C=O) groups excluding carboxylic acids is 2. The number of imidazole rings is 1. The van der Waals surface area contributed by atoms with Crippen LogP contribution in [0.4, 0.5) is 10.5 Å². The number of ether oxygens (including phenoxy) is 2. The lowest BCUT2D eigenvalue weighted by atomic mass is 10.2. The van der Waals surface area contributed by atoms with E-state index >= 15 is 0 Å². The molecule has 2 aromatic heterocycles. The summed E-state index contributed by atoms with van der Waals surface area (Å²) < 4.78 is 12.5. The third-order valence-corrected chi connectivity index (χ3v) is 3.74. The first-order valence-corrected chi connectivity index (χ1v) is 8.91. The van der Waals surface area contributed by atoms with Gasteiger partial charge < -0.3 is 13.9 Å². The molecule has 0 atom stereocenters. The smallest absolute Gasteiger partial charge is 0.412 e. The molecule has 1 amide bonds. The zero-order chi connectivity index (χ0) is 20.3. The summed E-state index contributed by atoms with van der Waals surface area (Å²) in [5.41, 5.74) is 2.73. The maximum atomic E-state index is 12.4. The highest BCUT2D eigenvalue weighted by Gasteiger charge is 2.17. The van der Waals surface area contributed by atoms with Crippen molar-refractivity contribution in [3.63, 3.8) is 0 Å². The van der Waals surface area contributed by atoms with Crippen LogP contribution in [0.15, 0.2) is 48.8 Å². The fourth-order valence-corrected chi connectivity index (χ4v) is 2.59. The van der Waals surface area contributed by atoms with Gasteiger partial charge in [-0.1, -0.05) is 12.1 Å². The fraction of sp³-hybridized carbons (Fsp3) is 0.286. The quantitative estimate of drug-likeness (QED) is 0.680. The second kappa shape index (κ2) is 7.72. The highest BCUT2D eigenvalue weighted by atomic mass is 16.6. The molecule has 0 bridgehead atoms. The monoisotopic (exact) mass is 381 g/mol. The van der Waals surface area contributed by atoms with Gasteiger partial charge in [0.15, 0.2) is 0 Å². The predicted molar refractivity (Wildman–Crippen MR) is 105 cm³/mol. The largest absolute Gasteiger partial charge is 0.456 e. The van der Waals surface area contributed by atoms with Crippen LogP contribution in [0.5, 0.6) is 0 Å². The first-order valence-electron chi connectivity index (χ1n) is 8.91. The summed E-state index contributed by atoms with van der Waals surface area (Å²) in [7, 11) is 0. The number of rotatable bonds is 4. The SMILES string of the molecule is Cc1ccc2nc(COC(=O)c3cccc(NC(=O)OC(C)(C)C)c3)cn2c1. The van der Waals surface area contributed by atoms with Crippen LogP contribution in [-0.2, 0) is 16.1 Å². The van der Waals surface area contributed by atoms with Gasteiger partial charge in [-0.3, -0.25) is 5.32 Å². The Balaban J connectivity index is 1.63. The van der Waals surface area contributed by atoms with Crippen molar-refractivity contribution in [1.29, 1.82) is 0 Å². The minimum Gasteiger partial charge on any atom is -0.456 e. The number of esters is 1. The van der Waals surface area contributed by atoms with Gasteiger partial charge in [0.05, 0.1) is 11.3 Å². The van der Waals surface area contributed by atoms with E-state index < -0.39 is 17.7 Å². The van der Waals surface area contributed by atoms with Crippen LogP contribution in [0.2, 0.25) is 0 Å². The number of fused-ring (bicyclic) bond motifs is 1. The fourth-order valence-electron chi connectivity index (χ4n) is 2.59. The van der Waals surface area contributed by atoms with Gasteiger partial charge in [0.25, 0.3) is 0 Å². The van der Waals surface area contributed by atoms with Crippen LogP contribution >= 0.6 is 0 Å². The maximum Gasteiger partial charge on any atom is 0.412 e. The van der Waals surface area contributed by atoms with Crippen molar-refractivity contribution in [2.75, 3.05) is 5.32 Å². The number of amides is 1. The van der Waals surface area contributed by atoms with E-state index in [1.165, 1.54) is 0 Å². The van der Waals surface area contributed by atoms with Crippen LogP contribution in [0.25, 0.3) is 5.65 Å². The van der Waals surface area contributed by atoms with Crippen LogP contribution in [-0.4, -0.2) is 27.0 Å². The normalized spacial score (nSPS) is 11.3. The molecule has 0 unspecified atom stereocenters. The van der Waals surface area contributed by atoms with Crippen molar-refractivity contribution in [3.8, 4) is 0 Å². The first-order chi connectivity index (χ1) is 13.2. The number of benzene rings is 1. The molecule has 1 aromatic carbocycles. The summed E-state index contributed by atoms with van der Waals surface area (Å²) >= 11 is 0. The average molecular weight is 381 g/mol. The number of aromatic nitrogens is 2. The molecule has 0 aliphatic rings. The van der Waals surface area contributed by atoms with Crippen molar-refractivity contribution in [2.45, 2.75) is 39.9 Å². The highest BCUT2D eigenvalue weighted by molar-refractivity contribution is 5.92. The number of pyridine rings is 1. The number of carbonyl (C=O) groups is 2. The molecule has 7 heteroatoms. The molecule has 2 heterocycles. The Morgan fingerprint density at radius 1 is 1.14 bits per heavy atom. The van der Waals surface area contributed by atoms with Crippen LogP contribution < -0.4 is 5.32 Å². The predicted octanol–water partition coefficient (Wildman–Crippen LogP) is 4.35. The van der Waals surface area contributed by atoms with Gasteiger partial charge in [0, 0.05) is 18.1 Å². The Morgan fingerprint density at radius 3 is 2.68 bits per heavy atom. The second-order valence-electron chi connectivity index (χ2n) is 7.49. The molecule has 28 heavy (non-hydrogen) atoms. The Hall–Kier alpha value is -3.35. The van der Waals surface area contributed by atoms with Crippen LogP contribution in [0, 0.1) is 6.92 Å². The Bertz CT molecular complexity index is 1020. The van der Waals surface area contributed by atoms with Crippen LogP contribution in [0.1, 0.15) is 42.4 Å². The summed E-state index contributed by atoms with van der Waals surface area (Å²) in [6, 6.07) is 10.4. The standard InChI is InChI=1S/C21H23N3O4/c1-14-8-9-18-22-17(12-24(18)11-14)13-27-19(25)15-6-5-7-16(10-15)23-20(26)28-21(2,3)4/h5-12H,13H2,1-4H3,(H,23,26). The average Bonchev–Trinajstić information content (AvgIpc) is 3.00. The van der Waals surface area contributed by atoms with E-state index in [9.17, 15) is 9.59 Å². The van der Waals surface area contributed by atoms with Gasteiger partial charge in [0.2, 0.25) is 0 Å². The summed E-state index contributed by atoms with van der Waals surface area (Å²) in [6.07, 6.45) is 3.20. The molecule has 0 spiro atoms. The number of nitrogens with zero attached hydrogens (tertiary/aromatic N) is 2. The zero-order valence-corrected chi connectivity index (χ0v) is 16.4. The summed E-state index contributed by atoms with van der Waals surface area (Å²) in [5, 5.41) is 2.61. The van der Waals surface area contributed by atoms with E-state index in [1.54, 1.807) is 45.0 Å². The molecule has 0 aliphatic carbocycles. The van der Waals surface area contributed by atoms with Gasteiger partial charge in [-0.15, -0.1) is 0 Å².